The lowest BCUT2D eigenvalue weighted by Gasteiger charge is -2.29. The van der Waals surface area contributed by atoms with E-state index in [0.717, 1.165) is 25.8 Å². The van der Waals surface area contributed by atoms with Gasteiger partial charge in [-0.3, -0.25) is 9.69 Å². The first-order valence-corrected chi connectivity index (χ1v) is 5.70. The van der Waals surface area contributed by atoms with Crippen molar-refractivity contribution >= 4 is 5.97 Å². The van der Waals surface area contributed by atoms with Gasteiger partial charge in [0.1, 0.15) is 0 Å². The van der Waals surface area contributed by atoms with E-state index in [1.54, 1.807) is 0 Å². The van der Waals surface area contributed by atoms with E-state index < -0.39 is 0 Å². The topological polar surface area (TPSA) is 55.6 Å². The van der Waals surface area contributed by atoms with Gasteiger partial charge in [0, 0.05) is 6.04 Å². The standard InChI is InChI=1S/C11H24N2O2/c1-4-8-13(9-11(14)15-3)10(5-2)6-7-12/h10H,4-9,12H2,1-3H3. The van der Waals surface area contributed by atoms with Crippen molar-refractivity contribution in [1.82, 2.24) is 4.90 Å². The molecule has 15 heavy (non-hydrogen) atoms. The molecule has 0 amide bonds. The average molecular weight is 216 g/mol. The van der Waals surface area contributed by atoms with Crippen molar-refractivity contribution in [3.05, 3.63) is 0 Å². The Morgan fingerprint density at radius 2 is 2.13 bits per heavy atom. The van der Waals surface area contributed by atoms with E-state index in [9.17, 15) is 4.79 Å². The second-order valence-corrected chi connectivity index (χ2v) is 3.69. The van der Waals surface area contributed by atoms with Crippen LogP contribution in [-0.2, 0) is 9.53 Å². The van der Waals surface area contributed by atoms with Gasteiger partial charge in [-0.05, 0) is 32.4 Å². The third-order valence-electron chi connectivity index (χ3n) is 2.56. The third-order valence-corrected chi connectivity index (χ3v) is 2.56. The molecule has 0 rings (SSSR count). The highest BCUT2D eigenvalue weighted by Gasteiger charge is 2.18. The fourth-order valence-corrected chi connectivity index (χ4v) is 1.75. The molecule has 0 aromatic carbocycles. The molecule has 0 spiro atoms. The van der Waals surface area contributed by atoms with Gasteiger partial charge in [0.15, 0.2) is 0 Å². The van der Waals surface area contributed by atoms with E-state index in [1.165, 1.54) is 7.11 Å². The summed E-state index contributed by atoms with van der Waals surface area (Å²) in [6.07, 6.45) is 3.00. The second-order valence-electron chi connectivity index (χ2n) is 3.69. The monoisotopic (exact) mass is 216 g/mol. The van der Waals surface area contributed by atoms with Crippen molar-refractivity contribution in [3.8, 4) is 0 Å². The summed E-state index contributed by atoms with van der Waals surface area (Å²) in [4.78, 5) is 13.4. The molecule has 0 aliphatic rings. The fourth-order valence-electron chi connectivity index (χ4n) is 1.75. The number of methoxy groups -OCH3 is 1. The maximum Gasteiger partial charge on any atom is 0.319 e. The van der Waals surface area contributed by atoms with Crippen molar-refractivity contribution < 1.29 is 9.53 Å². The number of carbonyl (C=O) groups excluding carboxylic acids is 1. The molecule has 0 saturated heterocycles. The molecular formula is C11H24N2O2. The molecule has 2 N–H and O–H groups in total. The van der Waals surface area contributed by atoms with Gasteiger partial charge >= 0.3 is 5.97 Å². The molecule has 0 fully saturated rings. The molecule has 0 bridgehead atoms. The Hall–Kier alpha value is -0.610. The molecule has 0 heterocycles. The van der Waals surface area contributed by atoms with Gasteiger partial charge in [-0.25, -0.2) is 0 Å². The summed E-state index contributed by atoms with van der Waals surface area (Å²) in [6, 6.07) is 0.397. The largest absolute Gasteiger partial charge is 0.468 e. The van der Waals surface area contributed by atoms with Gasteiger partial charge in [-0.15, -0.1) is 0 Å². The van der Waals surface area contributed by atoms with E-state index in [2.05, 4.69) is 23.5 Å². The van der Waals surface area contributed by atoms with Crippen molar-refractivity contribution in [2.75, 3.05) is 26.7 Å². The van der Waals surface area contributed by atoms with Gasteiger partial charge < -0.3 is 10.5 Å². The summed E-state index contributed by atoms with van der Waals surface area (Å²) in [7, 11) is 1.43. The normalized spacial score (nSPS) is 12.9. The zero-order chi connectivity index (χ0) is 11.7. The Morgan fingerprint density at radius 1 is 1.47 bits per heavy atom. The van der Waals surface area contributed by atoms with Gasteiger partial charge in [0.05, 0.1) is 13.7 Å². The lowest BCUT2D eigenvalue weighted by Crippen LogP contribution is -2.40. The summed E-state index contributed by atoms with van der Waals surface area (Å²) in [5, 5.41) is 0. The second kappa shape index (κ2) is 8.68. The Balaban J connectivity index is 4.25. The van der Waals surface area contributed by atoms with Crippen LogP contribution in [0.3, 0.4) is 0 Å². The maximum atomic E-state index is 11.2. The van der Waals surface area contributed by atoms with Gasteiger partial charge in [0.25, 0.3) is 0 Å². The van der Waals surface area contributed by atoms with Crippen LogP contribution in [0.25, 0.3) is 0 Å². The zero-order valence-electron chi connectivity index (χ0n) is 10.2. The summed E-state index contributed by atoms with van der Waals surface area (Å²) in [5.41, 5.74) is 5.56. The van der Waals surface area contributed by atoms with Crippen LogP contribution in [0.5, 0.6) is 0 Å². The Bertz CT molecular complexity index is 174. The lowest BCUT2D eigenvalue weighted by molar-refractivity contribution is -0.142. The molecule has 0 radical (unpaired) electrons. The highest BCUT2D eigenvalue weighted by molar-refractivity contribution is 5.71. The quantitative estimate of drug-likeness (QED) is 0.615. The first kappa shape index (κ1) is 14.4. The molecule has 0 aromatic heterocycles. The number of nitrogens with zero attached hydrogens (tertiary/aromatic N) is 1. The van der Waals surface area contributed by atoms with E-state index in [1.807, 2.05) is 0 Å². The van der Waals surface area contributed by atoms with Crippen LogP contribution in [0.2, 0.25) is 0 Å². The Morgan fingerprint density at radius 3 is 2.53 bits per heavy atom. The van der Waals surface area contributed by atoms with E-state index in [0.29, 0.717) is 19.1 Å². The van der Waals surface area contributed by atoms with Crippen LogP contribution >= 0.6 is 0 Å². The molecule has 4 heteroatoms. The molecule has 4 nitrogen and oxygen atoms in total. The van der Waals surface area contributed by atoms with Crippen LogP contribution in [0.4, 0.5) is 0 Å². The number of hydrogen-bond donors (Lipinski definition) is 1. The number of esters is 1. The number of carbonyl (C=O) groups is 1. The number of ether oxygens (including phenoxy) is 1. The predicted molar refractivity (Wildman–Crippen MR) is 61.6 cm³/mol. The van der Waals surface area contributed by atoms with Gasteiger partial charge in [-0.1, -0.05) is 13.8 Å². The Labute approximate surface area is 92.8 Å². The first-order chi connectivity index (χ1) is 7.19. The molecule has 90 valence electrons. The molecule has 0 aromatic rings. The van der Waals surface area contributed by atoms with Crippen molar-refractivity contribution in [3.63, 3.8) is 0 Å². The molecular weight excluding hydrogens is 192 g/mol. The summed E-state index contributed by atoms with van der Waals surface area (Å²) < 4.78 is 4.69. The highest BCUT2D eigenvalue weighted by Crippen LogP contribution is 2.08. The minimum atomic E-state index is -0.168. The minimum Gasteiger partial charge on any atom is -0.468 e. The molecule has 1 unspecified atom stereocenters. The molecule has 1 atom stereocenters. The molecule has 0 aliphatic carbocycles. The highest BCUT2D eigenvalue weighted by atomic mass is 16.5. The SMILES string of the molecule is CCCN(CC(=O)OC)C(CC)CCN. The first-order valence-electron chi connectivity index (χ1n) is 5.70. The summed E-state index contributed by atoms with van der Waals surface area (Å²) in [6.45, 7) is 6.20. The number of hydrogen-bond acceptors (Lipinski definition) is 4. The van der Waals surface area contributed by atoms with Crippen LogP contribution in [-0.4, -0.2) is 43.7 Å². The van der Waals surface area contributed by atoms with Crippen LogP contribution in [0.15, 0.2) is 0 Å². The smallest absolute Gasteiger partial charge is 0.319 e. The number of nitrogens with two attached hydrogens (primary N) is 1. The van der Waals surface area contributed by atoms with E-state index >= 15 is 0 Å². The van der Waals surface area contributed by atoms with Crippen molar-refractivity contribution in [2.45, 2.75) is 39.2 Å². The molecule has 0 aliphatic heterocycles. The predicted octanol–water partition coefficient (Wildman–Crippen LogP) is 0.999. The van der Waals surface area contributed by atoms with Crippen LogP contribution in [0.1, 0.15) is 33.1 Å². The third kappa shape index (κ3) is 5.74. The minimum absolute atomic E-state index is 0.168. The van der Waals surface area contributed by atoms with Gasteiger partial charge in [0.2, 0.25) is 0 Å². The summed E-state index contributed by atoms with van der Waals surface area (Å²) >= 11 is 0. The lowest BCUT2D eigenvalue weighted by atomic mass is 10.1. The fraction of sp³-hybridized carbons (Fsp3) is 0.909. The zero-order valence-corrected chi connectivity index (χ0v) is 10.2. The molecule has 0 saturated carbocycles. The summed E-state index contributed by atoms with van der Waals surface area (Å²) in [5.74, 6) is -0.168. The van der Waals surface area contributed by atoms with Crippen LogP contribution in [0, 0.1) is 0 Å². The maximum absolute atomic E-state index is 11.2. The van der Waals surface area contributed by atoms with E-state index in [-0.39, 0.29) is 5.97 Å². The van der Waals surface area contributed by atoms with Gasteiger partial charge in [-0.2, -0.15) is 0 Å². The van der Waals surface area contributed by atoms with Crippen LogP contribution < -0.4 is 5.73 Å². The number of rotatable bonds is 8. The van der Waals surface area contributed by atoms with E-state index in [4.69, 9.17) is 5.73 Å². The Kier molecular flexibility index (Phi) is 8.33. The van der Waals surface area contributed by atoms with Crippen molar-refractivity contribution in [2.24, 2.45) is 5.73 Å². The average Bonchev–Trinajstić information content (AvgIpc) is 2.25. The van der Waals surface area contributed by atoms with Crippen molar-refractivity contribution in [1.29, 1.82) is 0 Å².